The van der Waals surface area contributed by atoms with Crippen molar-refractivity contribution in [3.05, 3.63) is 28.3 Å². The minimum absolute atomic E-state index is 0.0602. The Kier molecular flexibility index (Phi) is 5.36. The molecule has 1 saturated heterocycles. The Morgan fingerprint density at radius 2 is 2.08 bits per heavy atom. The fourth-order valence-electron chi connectivity index (χ4n) is 2.90. The lowest BCUT2D eigenvalue weighted by atomic mass is 10.2. The maximum absolute atomic E-state index is 14.6. The first-order valence-corrected chi connectivity index (χ1v) is 8.59. The second-order valence-electron chi connectivity index (χ2n) is 5.80. The molecule has 0 amide bonds. The van der Waals surface area contributed by atoms with E-state index in [-0.39, 0.29) is 23.6 Å². The zero-order valence-corrected chi connectivity index (χ0v) is 14.7. The number of carbonyl (C=O) groups is 1. The molecule has 1 N–H and O–H groups in total. The van der Waals surface area contributed by atoms with Gasteiger partial charge in [0.1, 0.15) is 5.65 Å². The maximum Gasteiger partial charge on any atom is 0.514 e. The normalized spacial score (nSPS) is 14.5. The number of aromatic nitrogens is 2. The number of pyridine rings is 2. The van der Waals surface area contributed by atoms with Crippen molar-refractivity contribution in [2.45, 2.75) is 20.4 Å². The van der Waals surface area contributed by atoms with Crippen molar-refractivity contribution in [3.63, 3.8) is 0 Å². The monoisotopic (exact) mass is 364 g/mol. The van der Waals surface area contributed by atoms with Crippen LogP contribution in [0.15, 0.2) is 17.1 Å². The summed E-state index contributed by atoms with van der Waals surface area (Å²) in [5, 5.41) is 3.26. The van der Waals surface area contributed by atoms with Crippen LogP contribution in [0.5, 0.6) is 5.75 Å². The van der Waals surface area contributed by atoms with E-state index in [4.69, 9.17) is 9.47 Å². The summed E-state index contributed by atoms with van der Waals surface area (Å²) in [7, 11) is 0. The zero-order chi connectivity index (χ0) is 18.7. The summed E-state index contributed by atoms with van der Waals surface area (Å²) in [6.07, 6.45) is 0.422. The van der Waals surface area contributed by atoms with Gasteiger partial charge in [0.15, 0.2) is 17.4 Å². The number of piperazine rings is 1. The minimum atomic E-state index is -0.975. The Labute approximate surface area is 149 Å². The van der Waals surface area contributed by atoms with Crippen LogP contribution in [-0.4, -0.2) is 48.5 Å². The molecule has 0 aliphatic carbocycles. The highest BCUT2D eigenvalue weighted by Gasteiger charge is 2.21. The van der Waals surface area contributed by atoms with Gasteiger partial charge in [0, 0.05) is 32.7 Å². The van der Waals surface area contributed by atoms with Crippen LogP contribution in [0, 0.1) is 5.82 Å². The molecule has 2 aromatic rings. The quantitative estimate of drug-likeness (QED) is 0.823. The minimum Gasteiger partial charge on any atom is -0.434 e. The Morgan fingerprint density at radius 3 is 2.73 bits per heavy atom. The number of hydrogen-bond donors (Lipinski definition) is 1. The summed E-state index contributed by atoms with van der Waals surface area (Å²) in [4.78, 5) is 30.4. The predicted molar refractivity (Wildman–Crippen MR) is 94.4 cm³/mol. The highest BCUT2D eigenvalue weighted by Crippen LogP contribution is 2.23. The Morgan fingerprint density at radius 1 is 1.35 bits per heavy atom. The number of aryl methyl sites for hydroxylation is 1. The third kappa shape index (κ3) is 3.48. The van der Waals surface area contributed by atoms with Crippen molar-refractivity contribution >= 4 is 23.0 Å². The van der Waals surface area contributed by atoms with Gasteiger partial charge in [-0.3, -0.25) is 4.79 Å². The highest BCUT2D eigenvalue weighted by molar-refractivity contribution is 5.79. The molecule has 0 spiro atoms. The SMILES string of the molecule is CCOC(=O)Oc1cn(CC)c2nc(N3CCNCC3)c(F)cc2c1=O. The molecule has 0 atom stereocenters. The van der Waals surface area contributed by atoms with Crippen LogP contribution in [0.4, 0.5) is 15.0 Å². The maximum atomic E-state index is 14.6. The first-order valence-electron chi connectivity index (χ1n) is 8.59. The lowest BCUT2D eigenvalue weighted by molar-refractivity contribution is 0.104. The van der Waals surface area contributed by atoms with Crippen LogP contribution in [-0.2, 0) is 11.3 Å². The standard InChI is InChI=1S/C17H21FN4O4/c1-3-21-10-13(26-17(24)25-4-2)14(23)11-9-12(18)16(20-15(11)21)22-7-5-19-6-8-22/h9-10,19H,3-8H2,1-2H3. The number of rotatable bonds is 4. The van der Waals surface area contributed by atoms with Crippen molar-refractivity contribution < 1.29 is 18.7 Å². The summed E-state index contributed by atoms with van der Waals surface area (Å²) in [5.74, 6) is -0.568. The first-order chi connectivity index (χ1) is 12.5. The van der Waals surface area contributed by atoms with Gasteiger partial charge in [-0.2, -0.15) is 0 Å². The number of anilines is 1. The van der Waals surface area contributed by atoms with Gasteiger partial charge >= 0.3 is 6.16 Å². The van der Waals surface area contributed by atoms with Crippen LogP contribution in [0.25, 0.3) is 11.0 Å². The molecule has 9 heteroatoms. The van der Waals surface area contributed by atoms with Gasteiger partial charge in [0.2, 0.25) is 5.43 Å². The number of halogens is 1. The average Bonchev–Trinajstić information content (AvgIpc) is 2.65. The Hall–Kier alpha value is -2.68. The molecule has 0 bridgehead atoms. The van der Waals surface area contributed by atoms with Crippen LogP contribution in [0.1, 0.15) is 13.8 Å². The molecule has 2 aromatic heterocycles. The molecule has 3 rings (SSSR count). The van der Waals surface area contributed by atoms with Crippen molar-refractivity contribution in [1.29, 1.82) is 0 Å². The Balaban J connectivity index is 2.09. The van der Waals surface area contributed by atoms with E-state index in [9.17, 15) is 14.0 Å². The number of carbonyl (C=O) groups excluding carboxylic acids is 1. The summed E-state index contributed by atoms with van der Waals surface area (Å²) >= 11 is 0. The van der Waals surface area contributed by atoms with Crippen LogP contribution < -0.4 is 20.4 Å². The van der Waals surface area contributed by atoms with Gasteiger partial charge in [-0.25, -0.2) is 14.2 Å². The third-order valence-electron chi connectivity index (χ3n) is 4.16. The molecule has 0 radical (unpaired) electrons. The van der Waals surface area contributed by atoms with Crippen molar-refractivity contribution in [2.24, 2.45) is 0 Å². The van der Waals surface area contributed by atoms with E-state index in [0.717, 1.165) is 19.2 Å². The van der Waals surface area contributed by atoms with E-state index in [1.807, 2.05) is 11.8 Å². The van der Waals surface area contributed by atoms with Gasteiger partial charge in [0.05, 0.1) is 18.2 Å². The summed E-state index contributed by atoms with van der Waals surface area (Å²) in [5.41, 5.74) is -0.250. The molecule has 8 nitrogen and oxygen atoms in total. The van der Waals surface area contributed by atoms with E-state index < -0.39 is 17.4 Å². The summed E-state index contributed by atoms with van der Waals surface area (Å²) in [6, 6.07) is 1.16. The van der Waals surface area contributed by atoms with Gasteiger partial charge in [-0.05, 0) is 19.9 Å². The van der Waals surface area contributed by atoms with Crippen molar-refractivity contribution in [2.75, 3.05) is 37.7 Å². The molecular weight excluding hydrogens is 343 g/mol. The zero-order valence-electron chi connectivity index (χ0n) is 14.7. The molecule has 1 fully saturated rings. The second kappa shape index (κ2) is 7.69. The summed E-state index contributed by atoms with van der Waals surface area (Å²) < 4.78 is 25.9. The number of ether oxygens (including phenoxy) is 2. The molecule has 3 heterocycles. The number of nitrogens with one attached hydrogen (secondary N) is 1. The van der Waals surface area contributed by atoms with Crippen molar-refractivity contribution in [3.8, 4) is 5.75 Å². The second-order valence-corrected chi connectivity index (χ2v) is 5.80. The lowest BCUT2D eigenvalue weighted by Crippen LogP contribution is -2.44. The molecule has 26 heavy (non-hydrogen) atoms. The molecule has 0 saturated carbocycles. The fourth-order valence-corrected chi connectivity index (χ4v) is 2.90. The van der Waals surface area contributed by atoms with Crippen LogP contribution >= 0.6 is 0 Å². The lowest BCUT2D eigenvalue weighted by Gasteiger charge is -2.29. The fraction of sp³-hybridized carbons (Fsp3) is 0.471. The van der Waals surface area contributed by atoms with Gasteiger partial charge in [-0.15, -0.1) is 0 Å². The van der Waals surface area contributed by atoms with Gasteiger partial charge in [0.25, 0.3) is 0 Å². The molecule has 140 valence electrons. The van der Waals surface area contributed by atoms with E-state index >= 15 is 0 Å². The highest BCUT2D eigenvalue weighted by atomic mass is 19.1. The van der Waals surface area contributed by atoms with E-state index in [1.54, 1.807) is 11.5 Å². The summed E-state index contributed by atoms with van der Waals surface area (Å²) in [6.45, 7) is 6.83. The topological polar surface area (TPSA) is 85.7 Å². The van der Waals surface area contributed by atoms with Gasteiger partial charge in [-0.1, -0.05) is 0 Å². The number of hydrogen-bond acceptors (Lipinski definition) is 7. The predicted octanol–water partition coefficient (Wildman–Crippen LogP) is 1.50. The average molecular weight is 364 g/mol. The number of nitrogens with zero attached hydrogens (tertiary/aromatic N) is 3. The molecular formula is C17H21FN4O4. The first kappa shape index (κ1) is 18.1. The van der Waals surface area contributed by atoms with E-state index in [0.29, 0.717) is 25.3 Å². The smallest absolute Gasteiger partial charge is 0.434 e. The molecule has 1 aliphatic rings. The molecule has 1 aliphatic heterocycles. The third-order valence-corrected chi connectivity index (χ3v) is 4.16. The van der Waals surface area contributed by atoms with Crippen molar-refractivity contribution in [1.82, 2.24) is 14.9 Å². The molecule has 0 aromatic carbocycles. The number of fused-ring (bicyclic) bond motifs is 1. The van der Waals surface area contributed by atoms with Gasteiger partial charge < -0.3 is 24.3 Å². The van der Waals surface area contributed by atoms with E-state index in [2.05, 4.69) is 10.3 Å². The van der Waals surface area contributed by atoms with Crippen LogP contribution in [0.2, 0.25) is 0 Å². The van der Waals surface area contributed by atoms with E-state index in [1.165, 1.54) is 6.20 Å². The largest absolute Gasteiger partial charge is 0.514 e. The van der Waals surface area contributed by atoms with Crippen LogP contribution in [0.3, 0.4) is 0 Å². The Bertz CT molecular complexity index is 877. The molecule has 0 unspecified atom stereocenters.